The van der Waals surface area contributed by atoms with Gasteiger partial charge in [-0.1, -0.05) is 5.16 Å². The zero-order valence-corrected chi connectivity index (χ0v) is 14.9. The monoisotopic (exact) mass is 391 g/mol. The van der Waals surface area contributed by atoms with Gasteiger partial charge in [0, 0.05) is 25.5 Å². The molecule has 1 aliphatic heterocycles. The van der Waals surface area contributed by atoms with E-state index in [1.54, 1.807) is 0 Å². The number of aromatic nitrogens is 4. The number of ether oxygens (including phenoxy) is 1. The van der Waals surface area contributed by atoms with Crippen LogP contribution < -0.4 is 4.74 Å². The minimum atomic E-state index is -3.90. The van der Waals surface area contributed by atoms with E-state index in [2.05, 4.69) is 20.1 Å². The maximum atomic E-state index is 13.5. The summed E-state index contributed by atoms with van der Waals surface area (Å²) in [5.41, 5.74) is 0.459. The third kappa shape index (κ3) is 3.15. The molecule has 1 aliphatic rings. The van der Waals surface area contributed by atoms with E-state index in [0.29, 0.717) is 11.6 Å². The SMILES string of the molecule is COc1ccc(F)cc1S(=O)(=O)N1CC(c2nc(-c3cnccn3)no2)C1. The lowest BCUT2D eigenvalue weighted by Crippen LogP contribution is -2.48. The molecule has 11 heteroatoms. The Morgan fingerprint density at radius 3 is 2.81 bits per heavy atom. The first-order chi connectivity index (χ1) is 13.0. The molecule has 0 radical (unpaired) electrons. The zero-order valence-electron chi connectivity index (χ0n) is 14.1. The predicted molar refractivity (Wildman–Crippen MR) is 89.8 cm³/mol. The molecule has 4 rings (SSSR count). The Bertz CT molecular complexity index is 1070. The van der Waals surface area contributed by atoms with Gasteiger partial charge in [0.15, 0.2) is 0 Å². The van der Waals surface area contributed by atoms with Gasteiger partial charge >= 0.3 is 0 Å². The van der Waals surface area contributed by atoms with Crippen molar-refractivity contribution in [3.63, 3.8) is 0 Å². The number of methoxy groups -OCH3 is 1. The van der Waals surface area contributed by atoms with Crippen molar-refractivity contribution < 1.29 is 22.1 Å². The van der Waals surface area contributed by atoms with Crippen LogP contribution in [0.15, 0.2) is 46.2 Å². The molecule has 0 aliphatic carbocycles. The third-order valence-corrected chi connectivity index (χ3v) is 6.03. The topological polar surface area (TPSA) is 111 Å². The molecular formula is C16H14FN5O4S. The van der Waals surface area contributed by atoms with E-state index in [4.69, 9.17) is 9.26 Å². The minimum absolute atomic E-state index is 0.0857. The molecule has 9 nitrogen and oxygen atoms in total. The van der Waals surface area contributed by atoms with Crippen molar-refractivity contribution in [2.75, 3.05) is 20.2 Å². The fraction of sp³-hybridized carbons (Fsp3) is 0.250. The molecule has 27 heavy (non-hydrogen) atoms. The van der Waals surface area contributed by atoms with Crippen molar-refractivity contribution in [3.05, 3.63) is 48.5 Å². The molecular weight excluding hydrogens is 377 g/mol. The quantitative estimate of drug-likeness (QED) is 0.643. The van der Waals surface area contributed by atoms with Gasteiger partial charge in [0.1, 0.15) is 22.2 Å². The second-order valence-corrected chi connectivity index (χ2v) is 7.77. The van der Waals surface area contributed by atoms with Gasteiger partial charge in [0.05, 0.1) is 19.2 Å². The van der Waals surface area contributed by atoms with Gasteiger partial charge in [0.2, 0.25) is 21.7 Å². The average Bonchev–Trinajstić information content (AvgIpc) is 3.10. The summed E-state index contributed by atoms with van der Waals surface area (Å²) in [7, 11) is -2.57. The largest absolute Gasteiger partial charge is 0.495 e. The number of sulfonamides is 1. The van der Waals surface area contributed by atoms with E-state index in [1.165, 1.54) is 36.1 Å². The first-order valence-electron chi connectivity index (χ1n) is 7.92. The highest BCUT2D eigenvalue weighted by Crippen LogP contribution is 2.35. The maximum absolute atomic E-state index is 13.5. The summed E-state index contributed by atoms with van der Waals surface area (Å²) in [4.78, 5) is 12.1. The average molecular weight is 391 g/mol. The van der Waals surface area contributed by atoms with Gasteiger partial charge in [-0.2, -0.15) is 9.29 Å². The highest BCUT2D eigenvalue weighted by atomic mass is 32.2. The van der Waals surface area contributed by atoms with E-state index in [1.807, 2.05) is 0 Å². The molecule has 0 atom stereocenters. The Hall–Kier alpha value is -2.92. The van der Waals surface area contributed by atoms with Gasteiger partial charge in [0.25, 0.3) is 0 Å². The standard InChI is InChI=1S/C16H14FN5O4S/c1-25-13-3-2-11(17)6-14(13)27(23,24)22-8-10(9-22)16-20-15(21-26-16)12-7-18-4-5-19-12/h2-7,10H,8-9H2,1H3. The second kappa shape index (κ2) is 6.67. The van der Waals surface area contributed by atoms with Gasteiger partial charge in [-0.3, -0.25) is 4.98 Å². The van der Waals surface area contributed by atoms with Crippen LogP contribution in [0, 0.1) is 5.82 Å². The Labute approximate surface area is 153 Å². The number of nitrogens with zero attached hydrogens (tertiary/aromatic N) is 5. The molecule has 3 aromatic rings. The zero-order chi connectivity index (χ0) is 19.0. The predicted octanol–water partition coefficient (Wildman–Crippen LogP) is 1.46. The summed E-state index contributed by atoms with van der Waals surface area (Å²) >= 11 is 0. The number of rotatable bonds is 5. The summed E-state index contributed by atoms with van der Waals surface area (Å²) in [6.07, 6.45) is 4.54. The van der Waals surface area contributed by atoms with Crippen LogP contribution in [0.4, 0.5) is 4.39 Å². The molecule has 0 spiro atoms. The highest BCUT2D eigenvalue weighted by Gasteiger charge is 2.41. The lowest BCUT2D eigenvalue weighted by molar-refractivity contribution is 0.216. The van der Waals surface area contributed by atoms with Crippen LogP contribution in [0.3, 0.4) is 0 Å². The Balaban J connectivity index is 1.51. The van der Waals surface area contributed by atoms with E-state index >= 15 is 0 Å². The number of hydrogen-bond donors (Lipinski definition) is 0. The van der Waals surface area contributed by atoms with Crippen LogP contribution >= 0.6 is 0 Å². The van der Waals surface area contributed by atoms with Crippen LogP contribution in [0.25, 0.3) is 11.5 Å². The Morgan fingerprint density at radius 1 is 1.30 bits per heavy atom. The fourth-order valence-electron chi connectivity index (χ4n) is 2.70. The smallest absolute Gasteiger partial charge is 0.246 e. The van der Waals surface area contributed by atoms with Crippen LogP contribution in [0.2, 0.25) is 0 Å². The van der Waals surface area contributed by atoms with Gasteiger partial charge in [-0.25, -0.2) is 17.8 Å². The molecule has 1 fully saturated rings. The lowest BCUT2D eigenvalue weighted by Gasteiger charge is -2.36. The van der Waals surface area contributed by atoms with Crippen LogP contribution in [-0.2, 0) is 10.0 Å². The molecule has 0 saturated carbocycles. The molecule has 1 saturated heterocycles. The van der Waals surface area contributed by atoms with Crippen molar-refractivity contribution in [1.82, 2.24) is 24.4 Å². The summed E-state index contributed by atoms with van der Waals surface area (Å²) in [5, 5.41) is 3.85. The summed E-state index contributed by atoms with van der Waals surface area (Å²) < 4.78 is 50.5. The fourth-order valence-corrected chi connectivity index (χ4v) is 4.40. The summed E-state index contributed by atoms with van der Waals surface area (Å²) in [6, 6.07) is 3.37. The Morgan fingerprint density at radius 2 is 2.11 bits per heavy atom. The van der Waals surface area contributed by atoms with E-state index in [-0.39, 0.29) is 35.5 Å². The summed E-state index contributed by atoms with van der Waals surface area (Å²) in [5.74, 6) is -0.226. The first-order valence-corrected chi connectivity index (χ1v) is 9.36. The normalized spacial score (nSPS) is 15.5. The van der Waals surface area contributed by atoms with E-state index < -0.39 is 15.8 Å². The number of halogens is 1. The number of hydrogen-bond acceptors (Lipinski definition) is 8. The highest BCUT2D eigenvalue weighted by molar-refractivity contribution is 7.89. The van der Waals surface area contributed by atoms with Crippen molar-refractivity contribution in [1.29, 1.82) is 0 Å². The van der Waals surface area contributed by atoms with Crippen LogP contribution in [-0.4, -0.2) is 53.0 Å². The van der Waals surface area contributed by atoms with Crippen molar-refractivity contribution in [3.8, 4) is 17.3 Å². The van der Waals surface area contributed by atoms with Crippen LogP contribution in [0.1, 0.15) is 11.8 Å². The van der Waals surface area contributed by atoms with Crippen LogP contribution in [0.5, 0.6) is 5.75 Å². The Kier molecular flexibility index (Phi) is 4.32. The number of benzene rings is 1. The van der Waals surface area contributed by atoms with Crippen molar-refractivity contribution >= 4 is 10.0 Å². The minimum Gasteiger partial charge on any atom is -0.495 e. The van der Waals surface area contributed by atoms with E-state index in [9.17, 15) is 12.8 Å². The third-order valence-electron chi connectivity index (χ3n) is 4.17. The lowest BCUT2D eigenvalue weighted by atomic mass is 10.0. The molecule has 3 heterocycles. The van der Waals surface area contributed by atoms with Crippen molar-refractivity contribution in [2.45, 2.75) is 10.8 Å². The molecule has 0 bridgehead atoms. The molecule has 0 amide bonds. The van der Waals surface area contributed by atoms with Gasteiger partial charge in [-0.05, 0) is 18.2 Å². The maximum Gasteiger partial charge on any atom is 0.246 e. The molecule has 1 aromatic carbocycles. The second-order valence-electron chi connectivity index (χ2n) is 5.86. The van der Waals surface area contributed by atoms with E-state index in [0.717, 1.165) is 12.1 Å². The molecule has 140 valence electrons. The first kappa shape index (κ1) is 17.5. The molecule has 2 aromatic heterocycles. The van der Waals surface area contributed by atoms with Gasteiger partial charge in [-0.15, -0.1) is 0 Å². The van der Waals surface area contributed by atoms with Gasteiger partial charge < -0.3 is 9.26 Å². The molecule has 0 unspecified atom stereocenters. The van der Waals surface area contributed by atoms with Crippen molar-refractivity contribution in [2.24, 2.45) is 0 Å². The molecule has 0 N–H and O–H groups in total. The summed E-state index contributed by atoms with van der Waals surface area (Å²) in [6.45, 7) is 0.286.